The van der Waals surface area contributed by atoms with Gasteiger partial charge in [-0.05, 0) is 40.2 Å². The van der Waals surface area contributed by atoms with E-state index in [1.165, 1.54) is 26.4 Å². The minimum absolute atomic E-state index is 0.305. The number of rotatable bonds is 5. The molecule has 4 heteroatoms. The van der Waals surface area contributed by atoms with Crippen molar-refractivity contribution in [3.63, 3.8) is 0 Å². The number of nitrogens with two attached hydrogens (primary N) is 1. The third-order valence-electron chi connectivity index (χ3n) is 3.72. The van der Waals surface area contributed by atoms with Crippen molar-refractivity contribution in [3.8, 4) is 0 Å². The average Bonchev–Trinajstić information content (AvgIpc) is 2.12. The summed E-state index contributed by atoms with van der Waals surface area (Å²) in [4.78, 5) is 13.8. The Hall–Kier alpha value is -0.610. The van der Waals surface area contributed by atoms with Gasteiger partial charge < -0.3 is 15.4 Å². The molecule has 1 fully saturated rings. The highest BCUT2D eigenvalue weighted by atomic mass is 16.5. The molecule has 0 aromatic rings. The van der Waals surface area contributed by atoms with Gasteiger partial charge in [0.15, 0.2) is 0 Å². The predicted octanol–water partition coefficient (Wildman–Crippen LogP) is 1.14. The third-order valence-corrected chi connectivity index (χ3v) is 3.72. The SMILES string of the molecule is COC(=O)C(C)(N)CC(C)N(C)C1CCC1. The summed E-state index contributed by atoms with van der Waals surface area (Å²) >= 11 is 0. The Morgan fingerprint density at radius 3 is 2.56 bits per heavy atom. The Bertz CT molecular complexity index is 249. The van der Waals surface area contributed by atoms with Crippen LogP contribution in [-0.4, -0.2) is 42.6 Å². The van der Waals surface area contributed by atoms with Gasteiger partial charge in [0.1, 0.15) is 5.54 Å². The van der Waals surface area contributed by atoms with Crippen molar-refractivity contribution in [2.45, 2.75) is 57.2 Å². The molecule has 0 saturated heterocycles. The first-order valence-corrected chi connectivity index (χ1v) is 5.97. The van der Waals surface area contributed by atoms with Crippen molar-refractivity contribution in [2.24, 2.45) is 5.73 Å². The predicted molar refractivity (Wildman–Crippen MR) is 64.1 cm³/mol. The fourth-order valence-electron chi connectivity index (χ4n) is 2.23. The average molecular weight is 228 g/mol. The Morgan fingerprint density at radius 2 is 2.19 bits per heavy atom. The molecular formula is C12H24N2O2. The summed E-state index contributed by atoms with van der Waals surface area (Å²) < 4.78 is 4.71. The van der Waals surface area contributed by atoms with Crippen molar-refractivity contribution in [1.29, 1.82) is 0 Å². The van der Waals surface area contributed by atoms with Gasteiger partial charge in [0.25, 0.3) is 0 Å². The van der Waals surface area contributed by atoms with Crippen LogP contribution in [0, 0.1) is 0 Å². The summed E-state index contributed by atoms with van der Waals surface area (Å²) in [6, 6.07) is 0.975. The zero-order valence-corrected chi connectivity index (χ0v) is 10.8. The van der Waals surface area contributed by atoms with Crippen LogP contribution in [0.25, 0.3) is 0 Å². The zero-order valence-electron chi connectivity index (χ0n) is 10.8. The Kier molecular flexibility index (Phi) is 4.33. The van der Waals surface area contributed by atoms with Gasteiger partial charge in [-0.2, -0.15) is 0 Å². The van der Waals surface area contributed by atoms with Crippen LogP contribution in [0.4, 0.5) is 0 Å². The van der Waals surface area contributed by atoms with Gasteiger partial charge in [0, 0.05) is 12.1 Å². The number of hydrogen-bond acceptors (Lipinski definition) is 4. The fourth-order valence-corrected chi connectivity index (χ4v) is 2.23. The minimum atomic E-state index is -0.883. The van der Waals surface area contributed by atoms with E-state index in [1.54, 1.807) is 6.92 Å². The van der Waals surface area contributed by atoms with Crippen LogP contribution in [0.3, 0.4) is 0 Å². The van der Waals surface area contributed by atoms with E-state index in [-0.39, 0.29) is 5.97 Å². The quantitative estimate of drug-likeness (QED) is 0.717. The third kappa shape index (κ3) is 2.95. The van der Waals surface area contributed by atoms with Gasteiger partial charge in [-0.15, -0.1) is 0 Å². The first kappa shape index (κ1) is 13.5. The molecule has 2 N–H and O–H groups in total. The monoisotopic (exact) mass is 228 g/mol. The molecule has 0 heterocycles. The van der Waals surface area contributed by atoms with Crippen molar-refractivity contribution in [3.05, 3.63) is 0 Å². The number of carbonyl (C=O) groups is 1. The van der Waals surface area contributed by atoms with E-state index < -0.39 is 5.54 Å². The van der Waals surface area contributed by atoms with Crippen molar-refractivity contribution < 1.29 is 9.53 Å². The van der Waals surface area contributed by atoms with Crippen LogP contribution in [0.5, 0.6) is 0 Å². The highest BCUT2D eigenvalue weighted by molar-refractivity contribution is 5.79. The van der Waals surface area contributed by atoms with E-state index in [4.69, 9.17) is 10.5 Å². The lowest BCUT2D eigenvalue weighted by Crippen LogP contribution is -2.52. The second kappa shape index (κ2) is 5.15. The van der Waals surface area contributed by atoms with Crippen molar-refractivity contribution >= 4 is 5.97 Å². The van der Waals surface area contributed by atoms with E-state index in [1.807, 2.05) is 0 Å². The molecule has 0 aromatic heterocycles. The van der Waals surface area contributed by atoms with E-state index in [0.717, 1.165) is 0 Å². The standard InChI is InChI=1S/C12H24N2O2/c1-9(14(3)10-6-5-7-10)8-12(2,13)11(15)16-4/h9-10H,5-8,13H2,1-4H3. The second-order valence-corrected chi connectivity index (χ2v) is 5.21. The van der Waals surface area contributed by atoms with Crippen LogP contribution in [0.1, 0.15) is 39.5 Å². The van der Waals surface area contributed by atoms with E-state index in [0.29, 0.717) is 18.5 Å². The second-order valence-electron chi connectivity index (χ2n) is 5.21. The van der Waals surface area contributed by atoms with Gasteiger partial charge in [0.2, 0.25) is 0 Å². The lowest BCUT2D eigenvalue weighted by atomic mass is 9.88. The smallest absolute Gasteiger partial charge is 0.325 e. The van der Waals surface area contributed by atoms with Crippen LogP contribution >= 0.6 is 0 Å². The lowest BCUT2D eigenvalue weighted by molar-refractivity contribution is -0.147. The number of nitrogens with zero attached hydrogens (tertiary/aromatic N) is 1. The van der Waals surface area contributed by atoms with Gasteiger partial charge >= 0.3 is 5.97 Å². The number of ether oxygens (including phenoxy) is 1. The maximum absolute atomic E-state index is 11.5. The van der Waals surface area contributed by atoms with Crippen LogP contribution < -0.4 is 5.73 Å². The van der Waals surface area contributed by atoms with Crippen LogP contribution in [0.15, 0.2) is 0 Å². The molecule has 4 nitrogen and oxygen atoms in total. The summed E-state index contributed by atoms with van der Waals surface area (Å²) in [5.41, 5.74) is 5.09. The first-order chi connectivity index (χ1) is 7.38. The molecule has 0 spiro atoms. The Morgan fingerprint density at radius 1 is 1.62 bits per heavy atom. The summed E-state index contributed by atoms with van der Waals surface area (Å²) in [7, 11) is 3.50. The molecule has 0 aromatic carbocycles. The Balaban J connectivity index is 2.48. The molecule has 2 unspecified atom stereocenters. The number of esters is 1. The zero-order chi connectivity index (χ0) is 12.3. The molecular weight excluding hydrogens is 204 g/mol. The van der Waals surface area contributed by atoms with Gasteiger partial charge in [0.05, 0.1) is 7.11 Å². The molecule has 1 aliphatic carbocycles. The normalized spacial score (nSPS) is 22.4. The molecule has 94 valence electrons. The minimum Gasteiger partial charge on any atom is -0.468 e. The van der Waals surface area contributed by atoms with Crippen molar-refractivity contribution in [2.75, 3.05) is 14.2 Å². The van der Waals surface area contributed by atoms with E-state index >= 15 is 0 Å². The number of hydrogen-bond donors (Lipinski definition) is 1. The maximum Gasteiger partial charge on any atom is 0.325 e. The van der Waals surface area contributed by atoms with E-state index in [2.05, 4.69) is 18.9 Å². The van der Waals surface area contributed by atoms with Gasteiger partial charge in [-0.25, -0.2) is 0 Å². The summed E-state index contributed by atoms with van der Waals surface area (Å²) in [6.07, 6.45) is 4.48. The topological polar surface area (TPSA) is 55.6 Å². The largest absolute Gasteiger partial charge is 0.468 e. The van der Waals surface area contributed by atoms with Crippen LogP contribution in [0.2, 0.25) is 0 Å². The summed E-state index contributed by atoms with van der Waals surface area (Å²) in [6.45, 7) is 3.86. The fraction of sp³-hybridized carbons (Fsp3) is 0.917. The molecule has 0 amide bonds. The molecule has 0 aliphatic heterocycles. The van der Waals surface area contributed by atoms with E-state index in [9.17, 15) is 4.79 Å². The van der Waals surface area contributed by atoms with Gasteiger partial charge in [-0.1, -0.05) is 6.42 Å². The maximum atomic E-state index is 11.5. The number of carbonyl (C=O) groups excluding carboxylic acids is 1. The first-order valence-electron chi connectivity index (χ1n) is 5.97. The Labute approximate surface area is 98.1 Å². The van der Waals surface area contributed by atoms with Crippen molar-refractivity contribution in [1.82, 2.24) is 4.90 Å². The summed E-state index contributed by atoms with van der Waals surface area (Å²) in [5, 5.41) is 0. The molecule has 1 saturated carbocycles. The molecule has 0 bridgehead atoms. The van der Waals surface area contributed by atoms with Crippen LogP contribution in [-0.2, 0) is 9.53 Å². The molecule has 0 radical (unpaired) electrons. The highest BCUT2D eigenvalue weighted by Crippen LogP contribution is 2.27. The molecule has 1 rings (SSSR count). The summed E-state index contributed by atoms with van der Waals surface area (Å²) in [5.74, 6) is -0.332. The lowest BCUT2D eigenvalue weighted by Gasteiger charge is -2.40. The molecule has 2 atom stereocenters. The van der Waals surface area contributed by atoms with Gasteiger partial charge in [-0.3, -0.25) is 4.79 Å². The molecule has 1 aliphatic rings. The highest BCUT2D eigenvalue weighted by Gasteiger charge is 2.34. The number of methoxy groups -OCH3 is 1. The molecule has 16 heavy (non-hydrogen) atoms.